The number of rotatable bonds is 5. The normalized spacial score (nSPS) is 11.8. The van der Waals surface area contributed by atoms with Crippen LogP contribution < -0.4 is 10.3 Å². The van der Waals surface area contributed by atoms with Crippen LogP contribution in [0.1, 0.15) is 5.56 Å². The molecule has 0 fully saturated rings. The van der Waals surface area contributed by atoms with Crippen LogP contribution in [0.2, 0.25) is 0 Å². The van der Waals surface area contributed by atoms with E-state index in [1.807, 2.05) is 0 Å². The first kappa shape index (κ1) is 12.4. The van der Waals surface area contributed by atoms with Crippen LogP contribution in [0.25, 0.3) is 0 Å². The smallest absolute Gasteiger partial charge is 0.480 e. The van der Waals surface area contributed by atoms with Crippen molar-refractivity contribution in [3.63, 3.8) is 0 Å². The van der Waals surface area contributed by atoms with E-state index in [-0.39, 0.29) is 12.2 Å². The summed E-state index contributed by atoms with van der Waals surface area (Å²) in [6.07, 6.45) is 0.180. The minimum atomic E-state index is -2.93. The summed E-state index contributed by atoms with van der Waals surface area (Å²) in [6, 6.07) is 5.04. The summed E-state index contributed by atoms with van der Waals surface area (Å²) in [4.78, 5) is 10.5. The van der Waals surface area contributed by atoms with Crippen LogP contribution in [0.5, 0.6) is 5.75 Å². The van der Waals surface area contributed by atoms with Gasteiger partial charge in [0.15, 0.2) is 0 Å². The number of carbonyl (C=O) groups is 1. The molecule has 1 atom stereocenters. The Hall–Kier alpha value is -1.65. The maximum atomic E-state index is 10.5. The minimum Gasteiger partial charge on any atom is -0.480 e. The van der Waals surface area contributed by atoms with Gasteiger partial charge in [0.2, 0.25) is 0 Å². The van der Waals surface area contributed by atoms with E-state index in [0.717, 1.165) is 0 Å². The standard InChI is InChI=1S/C9H10NO5P/c10-8(9(11)12)5-6-1-3-7(4-2-6)15-16(13)14/h1-4,8H,5,10H2,(H,11,12). The summed E-state index contributed by atoms with van der Waals surface area (Å²) in [6.45, 7) is 0. The summed E-state index contributed by atoms with van der Waals surface area (Å²) in [5.41, 5.74) is 6.04. The SMILES string of the molecule is NC(Cc1ccc(OP(=O)=O)cc1)C(=O)O. The van der Waals surface area contributed by atoms with Crippen LogP contribution in [0.3, 0.4) is 0 Å². The first-order valence-corrected chi connectivity index (χ1v) is 5.48. The predicted molar refractivity (Wildman–Crippen MR) is 54.7 cm³/mol. The Morgan fingerprint density at radius 1 is 1.38 bits per heavy atom. The summed E-state index contributed by atoms with van der Waals surface area (Å²) in [5, 5.41) is 8.59. The van der Waals surface area contributed by atoms with Crippen molar-refractivity contribution in [1.82, 2.24) is 0 Å². The first-order valence-electron chi connectivity index (χ1n) is 4.38. The fourth-order valence-corrected chi connectivity index (χ4v) is 1.41. The molecule has 0 heterocycles. The molecule has 0 spiro atoms. The van der Waals surface area contributed by atoms with Gasteiger partial charge in [-0.25, -0.2) is 0 Å². The van der Waals surface area contributed by atoms with Crippen molar-refractivity contribution >= 4 is 13.9 Å². The van der Waals surface area contributed by atoms with E-state index >= 15 is 0 Å². The topological polar surface area (TPSA) is 107 Å². The second-order valence-electron chi connectivity index (χ2n) is 3.11. The number of benzene rings is 1. The van der Waals surface area contributed by atoms with E-state index in [2.05, 4.69) is 4.52 Å². The van der Waals surface area contributed by atoms with Gasteiger partial charge in [0.25, 0.3) is 0 Å². The quantitative estimate of drug-likeness (QED) is 0.750. The Kier molecular flexibility index (Phi) is 4.22. The minimum absolute atomic E-state index is 0.180. The monoisotopic (exact) mass is 243 g/mol. The molecular weight excluding hydrogens is 233 g/mol. The number of carboxylic acids is 1. The molecule has 1 unspecified atom stereocenters. The molecule has 1 aromatic rings. The molecule has 0 amide bonds. The zero-order valence-corrected chi connectivity index (χ0v) is 9.09. The van der Waals surface area contributed by atoms with Gasteiger partial charge in [-0.3, -0.25) is 4.79 Å². The molecule has 0 aliphatic heterocycles. The molecule has 86 valence electrons. The van der Waals surface area contributed by atoms with Crippen LogP contribution in [0, 0.1) is 0 Å². The second kappa shape index (κ2) is 5.44. The lowest BCUT2D eigenvalue weighted by Gasteiger charge is -2.06. The van der Waals surface area contributed by atoms with Crippen LogP contribution in [0.4, 0.5) is 0 Å². The third-order valence-electron chi connectivity index (χ3n) is 1.88. The Morgan fingerprint density at radius 2 is 1.94 bits per heavy atom. The van der Waals surface area contributed by atoms with Gasteiger partial charge < -0.3 is 15.4 Å². The average molecular weight is 243 g/mol. The lowest BCUT2D eigenvalue weighted by Crippen LogP contribution is -2.32. The molecule has 3 N–H and O–H groups in total. The van der Waals surface area contributed by atoms with E-state index in [1.165, 1.54) is 12.1 Å². The van der Waals surface area contributed by atoms with Gasteiger partial charge in [-0.05, 0) is 24.1 Å². The highest BCUT2D eigenvalue weighted by Gasteiger charge is 2.11. The Labute approximate surface area is 91.9 Å². The fraction of sp³-hybridized carbons (Fsp3) is 0.222. The zero-order chi connectivity index (χ0) is 12.1. The molecule has 6 nitrogen and oxygen atoms in total. The molecule has 0 radical (unpaired) electrons. The molecule has 1 aromatic carbocycles. The van der Waals surface area contributed by atoms with E-state index in [1.54, 1.807) is 12.1 Å². The number of hydrogen-bond donors (Lipinski definition) is 2. The molecule has 0 aromatic heterocycles. The van der Waals surface area contributed by atoms with Crippen molar-refractivity contribution < 1.29 is 23.6 Å². The number of nitrogens with two attached hydrogens (primary N) is 1. The summed E-state index contributed by atoms with van der Waals surface area (Å²) >= 11 is 0. The number of aliphatic carboxylic acids is 1. The molecular formula is C9H10NO5P. The van der Waals surface area contributed by atoms with E-state index in [9.17, 15) is 13.9 Å². The van der Waals surface area contributed by atoms with Crippen LogP contribution in [-0.2, 0) is 20.3 Å². The van der Waals surface area contributed by atoms with Crippen LogP contribution in [0.15, 0.2) is 24.3 Å². The van der Waals surface area contributed by atoms with E-state index < -0.39 is 19.9 Å². The molecule has 0 bridgehead atoms. The lowest BCUT2D eigenvalue weighted by molar-refractivity contribution is -0.138. The second-order valence-corrected chi connectivity index (χ2v) is 3.74. The van der Waals surface area contributed by atoms with Crippen molar-refractivity contribution in [3.8, 4) is 5.75 Å². The van der Waals surface area contributed by atoms with Gasteiger partial charge in [0, 0.05) is 0 Å². The van der Waals surface area contributed by atoms with Gasteiger partial charge in [0.1, 0.15) is 11.8 Å². The van der Waals surface area contributed by atoms with Gasteiger partial charge in [-0.15, -0.1) is 0 Å². The molecule has 1 rings (SSSR count). The molecule has 16 heavy (non-hydrogen) atoms. The molecule has 0 saturated carbocycles. The summed E-state index contributed by atoms with van der Waals surface area (Å²) in [7, 11) is -2.93. The highest BCUT2D eigenvalue weighted by Crippen LogP contribution is 2.19. The third kappa shape index (κ3) is 3.84. The van der Waals surface area contributed by atoms with Crippen molar-refractivity contribution in [2.24, 2.45) is 5.73 Å². The Balaban J connectivity index is 2.68. The van der Waals surface area contributed by atoms with Crippen molar-refractivity contribution in [3.05, 3.63) is 29.8 Å². The van der Waals surface area contributed by atoms with Gasteiger partial charge in [0.05, 0.1) is 0 Å². The predicted octanol–water partition coefficient (Wildman–Crippen LogP) is 1.11. The van der Waals surface area contributed by atoms with Crippen molar-refractivity contribution in [1.29, 1.82) is 0 Å². The summed E-state index contributed by atoms with van der Waals surface area (Å²) < 4.78 is 24.9. The van der Waals surface area contributed by atoms with Crippen LogP contribution >= 0.6 is 7.91 Å². The van der Waals surface area contributed by atoms with Crippen molar-refractivity contribution in [2.45, 2.75) is 12.5 Å². The van der Waals surface area contributed by atoms with Gasteiger partial charge in [-0.1, -0.05) is 12.1 Å². The largest absolute Gasteiger partial charge is 0.529 e. The van der Waals surface area contributed by atoms with Gasteiger partial charge >= 0.3 is 13.9 Å². The molecule has 0 saturated heterocycles. The average Bonchev–Trinajstić information content (AvgIpc) is 2.20. The Morgan fingerprint density at radius 3 is 2.38 bits per heavy atom. The van der Waals surface area contributed by atoms with Crippen LogP contribution in [-0.4, -0.2) is 17.1 Å². The molecule has 7 heteroatoms. The fourth-order valence-electron chi connectivity index (χ4n) is 1.11. The summed E-state index contributed by atoms with van der Waals surface area (Å²) in [5.74, 6) is -0.897. The highest BCUT2D eigenvalue weighted by molar-refractivity contribution is 7.25. The third-order valence-corrected chi connectivity index (χ3v) is 2.24. The van der Waals surface area contributed by atoms with Gasteiger partial charge in [-0.2, -0.15) is 9.13 Å². The van der Waals surface area contributed by atoms with E-state index in [4.69, 9.17) is 10.8 Å². The molecule has 0 aliphatic carbocycles. The lowest BCUT2D eigenvalue weighted by atomic mass is 10.1. The molecule has 0 aliphatic rings. The van der Waals surface area contributed by atoms with Crippen molar-refractivity contribution in [2.75, 3.05) is 0 Å². The number of hydrogen-bond acceptors (Lipinski definition) is 5. The maximum Gasteiger partial charge on any atom is 0.529 e. The highest BCUT2D eigenvalue weighted by atomic mass is 31.1. The maximum absolute atomic E-state index is 10.5. The van der Waals surface area contributed by atoms with E-state index in [0.29, 0.717) is 5.56 Å². The Bertz CT molecular complexity index is 432. The first-order chi connectivity index (χ1) is 7.49. The zero-order valence-electron chi connectivity index (χ0n) is 8.20. The number of carboxylic acid groups (broad SMARTS) is 1.